The van der Waals surface area contributed by atoms with Crippen LogP contribution in [0, 0.1) is 10.8 Å². The summed E-state index contributed by atoms with van der Waals surface area (Å²) in [5.41, 5.74) is 5.15. The number of nitrogens with one attached hydrogen (secondary N) is 3. The molecule has 0 radical (unpaired) electrons. The molecule has 0 fully saturated rings. The van der Waals surface area contributed by atoms with Gasteiger partial charge in [0.1, 0.15) is 0 Å². The molecule has 5 N–H and O–H groups in total. The smallest absolute Gasteiger partial charge is 0.0997 e. The van der Waals surface area contributed by atoms with Crippen molar-refractivity contribution in [1.82, 2.24) is 5.32 Å². The average molecular weight is 128 g/mol. The Morgan fingerprint density at radius 3 is 2.44 bits per heavy atom. The zero-order chi connectivity index (χ0) is 7.28. The van der Waals surface area contributed by atoms with Crippen molar-refractivity contribution in [3.05, 3.63) is 0 Å². The molecule has 0 saturated heterocycles. The van der Waals surface area contributed by atoms with E-state index in [0.717, 1.165) is 0 Å². The average Bonchev–Trinajstić information content (AvgIpc) is 1.63. The Bertz CT molecular complexity index is 118. The molecule has 0 rings (SSSR count). The standard InChI is InChI=1S/C5H12N4/c1-4(7)9-5(8)2-3-6/h2-3,6H2,1H3,(H3,7,8,9). The molecule has 0 bridgehead atoms. The van der Waals surface area contributed by atoms with Gasteiger partial charge in [-0.05, 0) is 13.5 Å². The van der Waals surface area contributed by atoms with Crippen LogP contribution >= 0.6 is 0 Å². The number of hydrogen-bond donors (Lipinski definition) is 4. The van der Waals surface area contributed by atoms with Gasteiger partial charge < -0.3 is 11.1 Å². The first-order chi connectivity index (χ1) is 4.16. The fourth-order valence-electron chi connectivity index (χ4n) is 0.433. The molecule has 9 heavy (non-hydrogen) atoms. The van der Waals surface area contributed by atoms with E-state index in [1.54, 1.807) is 6.92 Å². The molecule has 0 heterocycles. The van der Waals surface area contributed by atoms with Crippen LogP contribution in [0.25, 0.3) is 0 Å². The maximum atomic E-state index is 7.09. The van der Waals surface area contributed by atoms with Crippen LogP contribution in [0.1, 0.15) is 13.3 Å². The van der Waals surface area contributed by atoms with Gasteiger partial charge in [-0.25, -0.2) is 0 Å². The van der Waals surface area contributed by atoms with Crippen LogP contribution in [-0.4, -0.2) is 18.2 Å². The van der Waals surface area contributed by atoms with E-state index in [4.69, 9.17) is 16.6 Å². The van der Waals surface area contributed by atoms with E-state index < -0.39 is 0 Å². The minimum Gasteiger partial charge on any atom is -0.333 e. The van der Waals surface area contributed by atoms with Gasteiger partial charge in [0.2, 0.25) is 0 Å². The van der Waals surface area contributed by atoms with Gasteiger partial charge in [0.05, 0.1) is 11.7 Å². The molecule has 4 nitrogen and oxygen atoms in total. The number of nitrogens with two attached hydrogens (primary N) is 1. The predicted molar refractivity (Wildman–Crippen MR) is 37.9 cm³/mol. The maximum Gasteiger partial charge on any atom is 0.0997 e. The fourth-order valence-corrected chi connectivity index (χ4v) is 0.433. The second-order valence-electron chi connectivity index (χ2n) is 1.77. The van der Waals surface area contributed by atoms with Gasteiger partial charge in [0, 0.05) is 6.42 Å². The molecule has 0 saturated carbocycles. The fraction of sp³-hybridized carbons (Fsp3) is 0.600. The summed E-state index contributed by atoms with van der Waals surface area (Å²) in [6, 6.07) is 0. The van der Waals surface area contributed by atoms with Crippen molar-refractivity contribution >= 4 is 11.7 Å². The van der Waals surface area contributed by atoms with Crippen molar-refractivity contribution in [2.75, 3.05) is 6.54 Å². The van der Waals surface area contributed by atoms with Crippen LogP contribution in [0.5, 0.6) is 0 Å². The van der Waals surface area contributed by atoms with Gasteiger partial charge in [-0.2, -0.15) is 0 Å². The monoisotopic (exact) mass is 128 g/mol. The van der Waals surface area contributed by atoms with E-state index in [0.29, 0.717) is 18.8 Å². The van der Waals surface area contributed by atoms with Crippen LogP contribution in [0.2, 0.25) is 0 Å². The van der Waals surface area contributed by atoms with E-state index in [2.05, 4.69) is 5.32 Å². The number of amidine groups is 2. The van der Waals surface area contributed by atoms with Gasteiger partial charge in [-0.3, -0.25) is 10.8 Å². The summed E-state index contributed by atoms with van der Waals surface area (Å²) in [5.74, 6) is 0.596. The highest BCUT2D eigenvalue weighted by atomic mass is 15.0. The van der Waals surface area contributed by atoms with Gasteiger partial charge in [0.15, 0.2) is 0 Å². The lowest BCUT2D eigenvalue weighted by Gasteiger charge is -2.02. The van der Waals surface area contributed by atoms with Crippen molar-refractivity contribution in [2.45, 2.75) is 13.3 Å². The first kappa shape index (κ1) is 8.10. The summed E-state index contributed by atoms with van der Waals surface area (Å²) < 4.78 is 0. The Balaban J connectivity index is 3.39. The molecule has 0 aromatic rings. The van der Waals surface area contributed by atoms with Gasteiger partial charge in [-0.1, -0.05) is 0 Å². The molecular formula is C5H12N4. The Kier molecular flexibility index (Phi) is 3.62. The Morgan fingerprint density at radius 2 is 2.11 bits per heavy atom. The summed E-state index contributed by atoms with van der Waals surface area (Å²) in [4.78, 5) is 0. The van der Waals surface area contributed by atoms with Crippen LogP contribution in [0.3, 0.4) is 0 Å². The molecular weight excluding hydrogens is 116 g/mol. The first-order valence-electron chi connectivity index (χ1n) is 2.76. The lowest BCUT2D eigenvalue weighted by molar-refractivity contribution is 0.997. The zero-order valence-corrected chi connectivity index (χ0v) is 5.49. The zero-order valence-electron chi connectivity index (χ0n) is 5.49. The van der Waals surface area contributed by atoms with E-state index in [-0.39, 0.29) is 5.84 Å². The molecule has 4 heteroatoms. The van der Waals surface area contributed by atoms with Crippen LogP contribution in [0.15, 0.2) is 0 Å². The highest BCUT2D eigenvalue weighted by Crippen LogP contribution is 1.74. The highest BCUT2D eigenvalue weighted by molar-refractivity contribution is 5.96. The number of hydrogen-bond acceptors (Lipinski definition) is 3. The summed E-state index contributed by atoms with van der Waals surface area (Å²) in [7, 11) is 0. The quantitative estimate of drug-likeness (QED) is 0.309. The molecule has 0 aliphatic rings. The van der Waals surface area contributed by atoms with Crippen molar-refractivity contribution < 1.29 is 0 Å². The van der Waals surface area contributed by atoms with E-state index in [1.807, 2.05) is 0 Å². The van der Waals surface area contributed by atoms with E-state index >= 15 is 0 Å². The maximum absolute atomic E-state index is 7.09. The van der Waals surface area contributed by atoms with E-state index in [9.17, 15) is 0 Å². The summed E-state index contributed by atoms with van der Waals surface area (Å²) in [6.45, 7) is 2.05. The topological polar surface area (TPSA) is 85.8 Å². The number of rotatable bonds is 2. The molecule has 0 amide bonds. The van der Waals surface area contributed by atoms with Crippen LogP contribution in [0.4, 0.5) is 0 Å². The lowest BCUT2D eigenvalue weighted by atomic mass is 10.4. The molecule has 0 aromatic carbocycles. The van der Waals surface area contributed by atoms with Gasteiger partial charge in [0.25, 0.3) is 0 Å². The summed E-state index contributed by atoms with van der Waals surface area (Å²) in [6.07, 6.45) is 0.510. The molecule has 0 atom stereocenters. The van der Waals surface area contributed by atoms with E-state index in [1.165, 1.54) is 0 Å². The third-order valence-electron chi connectivity index (χ3n) is 0.733. The minimum absolute atomic E-state index is 0.286. The van der Waals surface area contributed by atoms with Gasteiger partial charge in [-0.15, -0.1) is 0 Å². The molecule has 52 valence electrons. The second-order valence-corrected chi connectivity index (χ2v) is 1.77. The SMILES string of the molecule is CC(=N)NC(=N)CCN. The Hall–Kier alpha value is -0.900. The summed E-state index contributed by atoms with van der Waals surface area (Å²) in [5, 5.41) is 16.5. The Morgan fingerprint density at radius 1 is 1.56 bits per heavy atom. The summed E-state index contributed by atoms with van der Waals surface area (Å²) >= 11 is 0. The van der Waals surface area contributed by atoms with Crippen LogP contribution in [-0.2, 0) is 0 Å². The normalized spacial score (nSPS) is 8.67. The highest BCUT2D eigenvalue weighted by Gasteiger charge is 1.92. The van der Waals surface area contributed by atoms with Crippen LogP contribution < -0.4 is 11.1 Å². The third kappa shape index (κ3) is 4.96. The molecule has 0 aromatic heterocycles. The molecule has 0 unspecified atom stereocenters. The minimum atomic E-state index is 0.286. The third-order valence-corrected chi connectivity index (χ3v) is 0.733. The predicted octanol–water partition coefficient (Wildman–Crippen LogP) is -0.101. The molecule has 0 aliphatic heterocycles. The Labute approximate surface area is 54.5 Å². The molecule has 0 aliphatic carbocycles. The van der Waals surface area contributed by atoms with Crippen molar-refractivity contribution in [1.29, 1.82) is 10.8 Å². The van der Waals surface area contributed by atoms with Crippen molar-refractivity contribution in [3.63, 3.8) is 0 Å². The first-order valence-corrected chi connectivity index (χ1v) is 2.76. The largest absolute Gasteiger partial charge is 0.333 e. The van der Waals surface area contributed by atoms with Crippen molar-refractivity contribution in [3.8, 4) is 0 Å². The lowest BCUT2D eigenvalue weighted by Crippen LogP contribution is -2.28. The van der Waals surface area contributed by atoms with Gasteiger partial charge >= 0.3 is 0 Å². The second kappa shape index (κ2) is 4.03. The molecule has 0 spiro atoms. The van der Waals surface area contributed by atoms with Crippen molar-refractivity contribution in [2.24, 2.45) is 5.73 Å².